The van der Waals surface area contributed by atoms with Crippen molar-refractivity contribution in [3.8, 4) is 0 Å². The van der Waals surface area contributed by atoms with Gasteiger partial charge in [-0.3, -0.25) is 4.79 Å². The largest absolute Gasteiger partial charge is 0.481 e. The average molecular weight is 215 g/mol. The molecule has 1 atom stereocenters. The Balaban J connectivity index is 2.64. The average Bonchev–Trinajstić information content (AvgIpc) is 2.44. The fourth-order valence-corrected chi connectivity index (χ4v) is 2.46. The highest BCUT2D eigenvalue weighted by Gasteiger charge is 2.37. The monoisotopic (exact) mass is 215 g/mol. The zero-order chi connectivity index (χ0) is 11.3. The van der Waals surface area contributed by atoms with Crippen molar-refractivity contribution in [3.63, 3.8) is 0 Å². The van der Waals surface area contributed by atoms with Crippen molar-refractivity contribution in [2.45, 2.75) is 50.5 Å². The summed E-state index contributed by atoms with van der Waals surface area (Å²) < 4.78 is 0. The van der Waals surface area contributed by atoms with Crippen LogP contribution < -0.4 is 5.73 Å². The number of carbonyl (C=O) groups is 1. The quantitative estimate of drug-likeness (QED) is 0.614. The summed E-state index contributed by atoms with van der Waals surface area (Å²) in [5.74, 6) is -0.909. The lowest BCUT2D eigenvalue weighted by atomic mass is 9.80. The lowest BCUT2D eigenvalue weighted by Gasteiger charge is -2.33. The van der Waals surface area contributed by atoms with Gasteiger partial charge in [-0.2, -0.15) is 0 Å². The highest BCUT2D eigenvalue weighted by molar-refractivity contribution is 5.68. The molecule has 0 amide bonds. The summed E-state index contributed by atoms with van der Waals surface area (Å²) in [7, 11) is 0. The van der Waals surface area contributed by atoms with Crippen LogP contribution in [0.1, 0.15) is 44.9 Å². The normalized spacial score (nSPS) is 23.1. The van der Waals surface area contributed by atoms with Gasteiger partial charge in [-0.05, 0) is 18.8 Å². The van der Waals surface area contributed by atoms with Crippen LogP contribution >= 0.6 is 0 Å². The van der Waals surface area contributed by atoms with Gasteiger partial charge in [-0.15, -0.1) is 0 Å². The van der Waals surface area contributed by atoms with Crippen LogP contribution in [0, 0.1) is 5.92 Å². The van der Waals surface area contributed by atoms with Gasteiger partial charge in [0.1, 0.15) is 0 Å². The van der Waals surface area contributed by atoms with E-state index in [-0.39, 0.29) is 18.9 Å². The van der Waals surface area contributed by atoms with Gasteiger partial charge in [-0.25, -0.2) is 0 Å². The Morgan fingerprint density at radius 3 is 2.20 bits per heavy atom. The third kappa shape index (κ3) is 3.47. The third-order valence-corrected chi connectivity index (χ3v) is 3.43. The van der Waals surface area contributed by atoms with Gasteiger partial charge in [0.15, 0.2) is 0 Å². The fourth-order valence-electron chi connectivity index (χ4n) is 2.46. The minimum Gasteiger partial charge on any atom is -0.481 e. The van der Waals surface area contributed by atoms with E-state index in [2.05, 4.69) is 0 Å². The van der Waals surface area contributed by atoms with E-state index in [0.29, 0.717) is 0 Å². The SMILES string of the molecule is NCC(O)(CC(=O)O)C1CCCCCC1. The molecule has 1 saturated carbocycles. The minimum absolute atomic E-state index is 0.0456. The van der Waals surface area contributed by atoms with Gasteiger partial charge in [-0.1, -0.05) is 25.7 Å². The van der Waals surface area contributed by atoms with Gasteiger partial charge < -0.3 is 15.9 Å². The summed E-state index contributed by atoms with van der Waals surface area (Å²) in [5.41, 5.74) is 4.33. The van der Waals surface area contributed by atoms with E-state index >= 15 is 0 Å². The molecule has 0 bridgehead atoms. The summed E-state index contributed by atoms with van der Waals surface area (Å²) >= 11 is 0. The van der Waals surface area contributed by atoms with Crippen molar-refractivity contribution in [2.75, 3.05) is 6.54 Å². The molecule has 1 unspecified atom stereocenters. The van der Waals surface area contributed by atoms with Crippen molar-refractivity contribution in [1.82, 2.24) is 0 Å². The molecule has 1 aliphatic rings. The fraction of sp³-hybridized carbons (Fsp3) is 0.909. The van der Waals surface area contributed by atoms with Crippen molar-refractivity contribution < 1.29 is 15.0 Å². The molecule has 0 heterocycles. The first-order valence-corrected chi connectivity index (χ1v) is 5.73. The molecule has 4 heteroatoms. The second-order valence-electron chi connectivity index (χ2n) is 4.57. The maximum Gasteiger partial charge on any atom is 0.306 e. The summed E-state index contributed by atoms with van der Waals surface area (Å²) in [6.07, 6.45) is 6.10. The molecule has 0 spiro atoms. The second-order valence-corrected chi connectivity index (χ2v) is 4.57. The first-order valence-electron chi connectivity index (χ1n) is 5.73. The number of aliphatic carboxylic acids is 1. The molecule has 4 N–H and O–H groups in total. The maximum atomic E-state index is 10.7. The zero-order valence-corrected chi connectivity index (χ0v) is 9.11. The van der Waals surface area contributed by atoms with Crippen molar-refractivity contribution in [2.24, 2.45) is 11.7 Å². The molecule has 0 aromatic carbocycles. The smallest absolute Gasteiger partial charge is 0.306 e. The van der Waals surface area contributed by atoms with Gasteiger partial charge in [0, 0.05) is 6.54 Å². The molecule has 1 aliphatic carbocycles. The molecule has 0 aromatic rings. The van der Waals surface area contributed by atoms with E-state index in [9.17, 15) is 9.90 Å². The molecule has 1 fully saturated rings. The minimum atomic E-state index is -1.20. The van der Waals surface area contributed by atoms with E-state index in [1.54, 1.807) is 0 Å². The van der Waals surface area contributed by atoms with Crippen LogP contribution in [0.15, 0.2) is 0 Å². The lowest BCUT2D eigenvalue weighted by Crippen LogP contribution is -2.46. The van der Waals surface area contributed by atoms with E-state index < -0.39 is 11.6 Å². The van der Waals surface area contributed by atoms with Crippen LogP contribution in [0.25, 0.3) is 0 Å². The molecule has 0 aliphatic heterocycles. The Bertz CT molecular complexity index is 212. The number of hydrogen-bond donors (Lipinski definition) is 3. The van der Waals surface area contributed by atoms with Crippen LogP contribution in [0.2, 0.25) is 0 Å². The molecule has 88 valence electrons. The summed E-state index contributed by atoms with van der Waals surface area (Å²) in [5, 5.41) is 19.0. The lowest BCUT2D eigenvalue weighted by molar-refractivity contribution is -0.144. The Labute approximate surface area is 90.5 Å². The van der Waals surface area contributed by atoms with Gasteiger partial charge in [0.25, 0.3) is 0 Å². The van der Waals surface area contributed by atoms with Crippen LogP contribution in [-0.2, 0) is 4.79 Å². The van der Waals surface area contributed by atoms with Crippen molar-refractivity contribution in [3.05, 3.63) is 0 Å². The zero-order valence-electron chi connectivity index (χ0n) is 9.11. The summed E-state index contributed by atoms with van der Waals surface area (Å²) in [4.78, 5) is 10.7. The molecule has 0 saturated heterocycles. The Morgan fingerprint density at radius 2 is 1.80 bits per heavy atom. The number of aliphatic hydroxyl groups is 1. The highest BCUT2D eigenvalue weighted by Crippen LogP contribution is 2.33. The third-order valence-electron chi connectivity index (χ3n) is 3.43. The maximum absolute atomic E-state index is 10.7. The highest BCUT2D eigenvalue weighted by atomic mass is 16.4. The van der Waals surface area contributed by atoms with E-state index in [1.807, 2.05) is 0 Å². The summed E-state index contributed by atoms with van der Waals surface area (Å²) in [6, 6.07) is 0. The Kier molecular flexibility index (Phi) is 4.54. The summed E-state index contributed by atoms with van der Waals surface area (Å²) in [6.45, 7) is 0.0456. The topological polar surface area (TPSA) is 83.5 Å². The number of hydrogen-bond acceptors (Lipinski definition) is 3. The number of carboxylic acids is 1. The van der Waals surface area contributed by atoms with Crippen LogP contribution in [-0.4, -0.2) is 28.3 Å². The molecule has 1 rings (SSSR count). The van der Waals surface area contributed by atoms with Crippen LogP contribution in [0.4, 0.5) is 0 Å². The van der Waals surface area contributed by atoms with Crippen LogP contribution in [0.5, 0.6) is 0 Å². The molecule has 0 aromatic heterocycles. The second kappa shape index (κ2) is 5.47. The predicted octanol–water partition coefficient (Wildman–Crippen LogP) is 1.12. The van der Waals surface area contributed by atoms with Gasteiger partial charge in [0.05, 0.1) is 12.0 Å². The molecule has 15 heavy (non-hydrogen) atoms. The van der Waals surface area contributed by atoms with Crippen LogP contribution in [0.3, 0.4) is 0 Å². The molecular weight excluding hydrogens is 194 g/mol. The molecule has 4 nitrogen and oxygen atoms in total. The first kappa shape index (κ1) is 12.5. The first-order chi connectivity index (χ1) is 7.08. The van der Waals surface area contributed by atoms with Crippen molar-refractivity contribution >= 4 is 5.97 Å². The number of carboxylic acid groups (broad SMARTS) is 1. The van der Waals surface area contributed by atoms with E-state index in [0.717, 1.165) is 25.7 Å². The van der Waals surface area contributed by atoms with E-state index in [1.165, 1.54) is 12.8 Å². The van der Waals surface area contributed by atoms with Crippen molar-refractivity contribution in [1.29, 1.82) is 0 Å². The van der Waals surface area contributed by atoms with E-state index in [4.69, 9.17) is 10.8 Å². The Hall–Kier alpha value is -0.610. The Morgan fingerprint density at radius 1 is 1.27 bits per heavy atom. The molecule has 0 radical (unpaired) electrons. The number of nitrogens with two attached hydrogens (primary N) is 1. The standard InChI is InChI=1S/C11H21NO3/c12-8-11(15,7-10(13)14)9-5-3-1-2-4-6-9/h9,15H,1-8,12H2,(H,13,14). The van der Waals surface area contributed by atoms with Gasteiger partial charge in [0.2, 0.25) is 0 Å². The van der Waals surface area contributed by atoms with Gasteiger partial charge >= 0.3 is 5.97 Å². The predicted molar refractivity (Wildman–Crippen MR) is 57.4 cm³/mol. The number of rotatable bonds is 4. The molecular formula is C11H21NO3.